The van der Waals surface area contributed by atoms with Crippen LogP contribution < -0.4 is 10.2 Å². The highest BCUT2D eigenvalue weighted by Gasteiger charge is 2.17. The lowest BCUT2D eigenvalue weighted by molar-refractivity contribution is 0.102. The smallest absolute Gasteiger partial charge is 0.274 e. The number of aryl methyl sites for hydroxylation is 1. The van der Waals surface area contributed by atoms with Crippen LogP contribution in [0.1, 0.15) is 21.7 Å². The molecule has 7 heteroatoms. The minimum atomic E-state index is -0.851. The number of carbonyl (C=O) groups is 1. The first-order chi connectivity index (χ1) is 12.9. The van der Waals surface area contributed by atoms with Crippen LogP contribution in [-0.2, 0) is 6.54 Å². The number of hydrogen-bond donors (Lipinski definition) is 1. The number of anilines is 2. The van der Waals surface area contributed by atoms with Crippen LogP contribution >= 0.6 is 0 Å². The van der Waals surface area contributed by atoms with E-state index in [9.17, 15) is 13.6 Å². The van der Waals surface area contributed by atoms with Crippen molar-refractivity contribution in [3.05, 3.63) is 83.2 Å². The number of benzene rings is 2. The van der Waals surface area contributed by atoms with E-state index in [1.54, 1.807) is 18.9 Å². The van der Waals surface area contributed by atoms with Crippen molar-refractivity contribution in [3.63, 3.8) is 0 Å². The lowest BCUT2D eigenvalue weighted by atomic mass is 10.2. The van der Waals surface area contributed by atoms with Gasteiger partial charge in [0.05, 0.1) is 0 Å². The van der Waals surface area contributed by atoms with Crippen LogP contribution in [0.4, 0.5) is 20.4 Å². The monoisotopic (exact) mass is 368 g/mol. The van der Waals surface area contributed by atoms with Crippen LogP contribution in [0, 0.1) is 18.6 Å². The molecule has 2 aromatic carbocycles. The summed E-state index contributed by atoms with van der Waals surface area (Å²) >= 11 is 0. The molecule has 1 heterocycles. The maximum atomic E-state index is 13.8. The van der Waals surface area contributed by atoms with E-state index in [0.29, 0.717) is 18.2 Å². The molecule has 0 saturated carbocycles. The maximum Gasteiger partial charge on any atom is 0.274 e. The summed E-state index contributed by atoms with van der Waals surface area (Å²) in [4.78, 5) is 22.8. The lowest BCUT2D eigenvalue weighted by Crippen LogP contribution is -2.22. The van der Waals surface area contributed by atoms with Crippen LogP contribution in [0.15, 0.2) is 54.6 Å². The fraction of sp³-hybridized carbons (Fsp3) is 0.150. The van der Waals surface area contributed by atoms with Crippen molar-refractivity contribution in [2.75, 3.05) is 17.3 Å². The van der Waals surface area contributed by atoms with E-state index in [-0.39, 0.29) is 5.69 Å². The molecule has 0 aliphatic carbocycles. The molecule has 0 bridgehead atoms. The van der Waals surface area contributed by atoms with Gasteiger partial charge in [-0.2, -0.15) is 0 Å². The van der Waals surface area contributed by atoms with Gasteiger partial charge in [0.15, 0.2) is 0 Å². The van der Waals surface area contributed by atoms with E-state index < -0.39 is 23.2 Å². The number of amides is 1. The molecule has 27 heavy (non-hydrogen) atoms. The molecule has 0 unspecified atom stereocenters. The molecule has 1 amide bonds. The molecule has 0 aliphatic heterocycles. The summed E-state index contributed by atoms with van der Waals surface area (Å²) in [5.41, 5.74) is 1.15. The van der Waals surface area contributed by atoms with E-state index in [2.05, 4.69) is 15.3 Å². The van der Waals surface area contributed by atoms with Gasteiger partial charge in [0.2, 0.25) is 5.95 Å². The second kappa shape index (κ2) is 7.90. The zero-order chi connectivity index (χ0) is 19.4. The zero-order valence-electron chi connectivity index (χ0n) is 14.9. The van der Waals surface area contributed by atoms with Gasteiger partial charge in [-0.1, -0.05) is 36.4 Å². The summed E-state index contributed by atoms with van der Waals surface area (Å²) in [6.07, 6.45) is 0. The summed E-state index contributed by atoms with van der Waals surface area (Å²) < 4.78 is 27.5. The largest absolute Gasteiger partial charge is 0.340 e. The SMILES string of the molecule is Cc1cc(C(=O)Nc2c(F)cccc2F)nc(N(C)Cc2ccccc2)n1. The fourth-order valence-corrected chi connectivity index (χ4v) is 2.56. The van der Waals surface area contributed by atoms with E-state index in [1.807, 2.05) is 30.3 Å². The third kappa shape index (κ3) is 4.44. The van der Waals surface area contributed by atoms with Gasteiger partial charge in [-0.15, -0.1) is 0 Å². The van der Waals surface area contributed by atoms with Crippen LogP contribution in [-0.4, -0.2) is 22.9 Å². The van der Waals surface area contributed by atoms with Crippen LogP contribution in [0.3, 0.4) is 0 Å². The predicted molar refractivity (Wildman–Crippen MR) is 99.6 cm³/mol. The summed E-state index contributed by atoms with van der Waals surface area (Å²) in [6.45, 7) is 2.27. The van der Waals surface area contributed by atoms with Crippen LogP contribution in [0.25, 0.3) is 0 Å². The lowest BCUT2D eigenvalue weighted by Gasteiger charge is -2.18. The maximum absolute atomic E-state index is 13.8. The van der Waals surface area contributed by atoms with Crippen molar-refractivity contribution in [2.24, 2.45) is 0 Å². The Hall–Kier alpha value is -3.35. The number of para-hydroxylation sites is 1. The third-order valence-corrected chi connectivity index (χ3v) is 3.88. The highest BCUT2D eigenvalue weighted by molar-refractivity contribution is 6.03. The molecule has 1 aromatic heterocycles. The Morgan fingerprint density at radius 2 is 1.70 bits per heavy atom. The molecule has 138 valence electrons. The van der Waals surface area contributed by atoms with Crippen molar-refractivity contribution >= 4 is 17.5 Å². The minimum Gasteiger partial charge on any atom is -0.340 e. The Morgan fingerprint density at radius 3 is 2.37 bits per heavy atom. The number of nitrogens with zero attached hydrogens (tertiary/aromatic N) is 3. The normalized spacial score (nSPS) is 10.5. The Balaban J connectivity index is 1.83. The molecule has 3 aromatic rings. The van der Waals surface area contributed by atoms with Crippen molar-refractivity contribution in [1.29, 1.82) is 0 Å². The number of nitrogens with one attached hydrogen (secondary N) is 1. The topological polar surface area (TPSA) is 58.1 Å². The number of carbonyl (C=O) groups excluding carboxylic acids is 1. The minimum absolute atomic E-state index is 0.0278. The molecule has 0 saturated heterocycles. The first-order valence-corrected chi connectivity index (χ1v) is 8.30. The van der Waals surface area contributed by atoms with E-state index in [4.69, 9.17) is 0 Å². The second-order valence-corrected chi connectivity index (χ2v) is 6.09. The predicted octanol–water partition coefficient (Wildman–Crippen LogP) is 3.95. The number of aromatic nitrogens is 2. The van der Waals surface area contributed by atoms with Gasteiger partial charge < -0.3 is 10.2 Å². The number of halogens is 2. The van der Waals surface area contributed by atoms with Crippen LogP contribution in [0.5, 0.6) is 0 Å². The van der Waals surface area contributed by atoms with Crippen molar-refractivity contribution in [2.45, 2.75) is 13.5 Å². The zero-order valence-corrected chi connectivity index (χ0v) is 14.9. The molecule has 0 aliphatic rings. The number of rotatable bonds is 5. The first kappa shape index (κ1) is 18.4. The molecule has 0 spiro atoms. The summed E-state index contributed by atoms with van der Waals surface area (Å²) in [5, 5.41) is 2.24. The van der Waals surface area contributed by atoms with E-state index in [1.165, 1.54) is 12.1 Å². The third-order valence-electron chi connectivity index (χ3n) is 3.88. The van der Waals surface area contributed by atoms with Crippen molar-refractivity contribution in [3.8, 4) is 0 Å². The van der Waals surface area contributed by atoms with Crippen LogP contribution in [0.2, 0.25) is 0 Å². The van der Waals surface area contributed by atoms with Gasteiger partial charge in [0.1, 0.15) is 23.0 Å². The van der Waals surface area contributed by atoms with Crippen molar-refractivity contribution < 1.29 is 13.6 Å². The molecule has 3 rings (SSSR count). The van der Waals surface area contributed by atoms with Gasteiger partial charge in [-0.05, 0) is 30.7 Å². The van der Waals surface area contributed by atoms with E-state index in [0.717, 1.165) is 17.7 Å². The highest BCUT2D eigenvalue weighted by Crippen LogP contribution is 2.19. The van der Waals surface area contributed by atoms with Crippen molar-refractivity contribution in [1.82, 2.24) is 9.97 Å². The van der Waals surface area contributed by atoms with Gasteiger partial charge in [0.25, 0.3) is 5.91 Å². The average Bonchev–Trinajstić information content (AvgIpc) is 2.65. The Bertz CT molecular complexity index is 943. The molecular formula is C20H18F2N4O. The molecule has 1 N–H and O–H groups in total. The molecule has 0 fully saturated rings. The van der Waals surface area contributed by atoms with E-state index >= 15 is 0 Å². The molecule has 5 nitrogen and oxygen atoms in total. The average molecular weight is 368 g/mol. The molecule has 0 atom stereocenters. The summed E-state index contributed by atoms with van der Waals surface area (Å²) in [5.74, 6) is -2.07. The quantitative estimate of drug-likeness (QED) is 0.741. The fourth-order valence-electron chi connectivity index (χ4n) is 2.56. The number of hydrogen-bond acceptors (Lipinski definition) is 4. The Morgan fingerprint density at radius 1 is 1.04 bits per heavy atom. The summed E-state index contributed by atoms with van der Waals surface area (Å²) in [7, 11) is 1.81. The van der Waals surface area contributed by atoms with Gasteiger partial charge in [-0.25, -0.2) is 18.7 Å². The van der Waals surface area contributed by atoms with Gasteiger partial charge >= 0.3 is 0 Å². The summed E-state index contributed by atoms with van der Waals surface area (Å²) in [6, 6.07) is 14.6. The Labute approximate surface area is 155 Å². The highest BCUT2D eigenvalue weighted by atomic mass is 19.1. The second-order valence-electron chi connectivity index (χ2n) is 6.09. The molecule has 0 radical (unpaired) electrons. The van der Waals surface area contributed by atoms with Gasteiger partial charge in [-0.3, -0.25) is 4.79 Å². The van der Waals surface area contributed by atoms with Gasteiger partial charge in [0, 0.05) is 19.3 Å². The molecular weight excluding hydrogens is 350 g/mol. The first-order valence-electron chi connectivity index (χ1n) is 8.30. The standard InChI is InChI=1S/C20H18F2N4O/c1-13-11-17(19(27)25-18-15(21)9-6-10-16(18)22)24-20(23-13)26(2)12-14-7-4-3-5-8-14/h3-11H,12H2,1-2H3,(H,25,27). The Kier molecular flexibility index (Phi) is 5.40.